The predicted octanol–water partition coefficient (Wildman–Crippen LogP) is 8.10. The van der Waals surface area contributed by atoms with E-state index in [-0.39, 0.29) is 0 Å². The lowest BCUT2D eigenvalue weighted by Crippen LogP contribution is -1.96. The Balaban J connectivity index is 1.75. The summed E-state index contributed by atoms with van der Waals surface area (Å²) in [6.45, 7) is 3.13. The third kappa shape index (κ3) is 14.8. The monoisotopic (exact) mass is 344 g/mol. The molecule has 0 saturated carbocycles. The molecule has 1 heteroatoms. The van der Waals surface area contributed by atoms with Crippen molar-refractivity contribution in [2.75, 3.05) is 6.61 Å². The molecule has 1 nitrogen and oxygen atoms in total. The smallest absolute Gasteiger partial charge is 0.119 e. The lowest BCUT2D eigenvalue weighted by molar-refractivity contribution is 0.304. The van der Waals surface area contributed by atoms with Gasteiger partial charge in [0.05, 0.1) is 6.61 Å². The molecule has 1 rings (SSSR count). The molecule has 0 spiro atoms. The summed E-state index contributed by atoms with van der Waals surface area (Å²) in [5.41, 5.74) is 0. The largest absolute Gasteiger partial charge is 0.494 e. The van der Waals surface area contributed by atoms with E-state index in [2.05, 4.69) is 19.1 Å². The van der Waals surface area contributed by atoms with Gasteiger partial charge in [-0.05, 0) is 44.2 Å². The van der Waals surface area contributed by atoms with Crippen molar-refractivity contribution in [3.8, 4) is 5.75 Å². The Morgan fingerprint density at radius 2 is 1.16 bits per heavy atom. The molecule has 0 fully saturated rings. The molecule has 25 heavy (non-hydrogen) atoms. The maximum Gasteiger partial charge on any atom is 0.119 e. The van der Waals surface area contributed by atoms with Crippen LogP contribution in [-0.4, -0.2) is 6.61 Å². The third-order valence-electron chi connectivity index (χ3n) is 4.67. The highest BCUT2D eigenvalue weighted by atomic mass is 16.5. The van der Waals surface area contributed by atoms with Gasteiger partial charge in [0, 0.05) is 0 Å². The molecule has 142 valence electrons. The summed E-state index contributed by atoms with van der Waals surface area (Å²) in [6, 6.07) is 10.1. The molecule has 0 aromatic heterocycles. The molecule has 0 N–H and O–H groups in total. The summed E-state index contributed by atoms with van der Waals surface area (Å²) < 4.78 is 5.72. The highest BCUT2D eigenvalue weighted by molar-refractivity contribution is 5.20. The Kier molecular flexibility index (Phi) is 15.3. The lowest BCUT2D eigenvalue weighted by Gasteiger charge is -2.05. The average Bonchev–Trinajstić information content (AvgIpc) is 2.65. The molecule has 0 saturated heterocycles. The van der Waals surface area contributed by atoms with Crippen LogP contribution >= 0.6 is 0 Å². The van der Waals surface area contributed by atoms with E-state index in [4.69, 9.17) is 4.74 Å². The van der Waals surface area contributed by atoms with E-state index in [9.17, 15) is 0 Å². The van der Waals surface area contributed by atoms with Gasteiger partial charge >= 0.3 is 0 Å². The van der Waals surface area contributed by atoms with Crippen LogP contribution in [-0.2, 0) is 0 Å². The minimum absolute atomic E-state index is 0.852. The number of ether oxygens (including phenoxy) is 1. The fraction of sp³-hybridized carbons (Fsp3) is 0.667. The minimum atomic E-state index is 0.852. The molecular formula is C24H40O. The van der Waals surface area contributed by atoms with Crippen molar-refractivity contribution in [3.63, 3.8) is 0 Å². The molecular weight excluding hydrogens is 304 g/mol. The highest BCUT2D eigenvalue weighted by Gasteiger charge is 1.94. The first-order valence-electron chi connectivity index (χ1n) is 10.8. The van der Waals surface area contributed by atoms with Crippen molar-refractivity contribution in [2.45, 2.75) is 96.8 Å². The quantitative estimate of drug-likeness (QED) is 0.205. The van der Waals surface area contributed by atoms with E-state index in [0.717, 1.165) is 12.4 Å². The van der Waals surface area contributed by atoms with E-state index in [1.54, 1.807) is 0 Å². The van der Waals surface area contributed by atoms with Crippen LogP contribution in [0.1, 0.15) is 96.8 Å². The zero-order chi connectivity index (χ0) is 17.8. The third-order valence-corrected chi connectivity index (χ3v) is 4.67. The van der Waals surface area contributed by atoms with Crippen molar-refractivity contribution >= 4 is 0 Å². The van der Waals surface area contributed by atoms with E-state index in [0.29, 0.717) is 0 Å². The zero-order valence-electron chi connectivity index (χ0n) is 16.6. The first-order chi connectivity index (χ1) is 12.4. The van der Waals surface area contributed by atoms with Crippen LogP contribution in [0, 0.1) is 0 Å². The van der Waals surface area contributed by atoms with E-state index in [1.165, 1.54) is 89.9 Å². The first kappa shape index (κ1) is 21.8. The van der Waals surface area contributed by atoms with Crippen LogP contribution in [0.5, 0.6) is 5.75 Å². The second kappa shape index (κ2) is 17.6. The average molecular weight is 345 g/mol. The number of para-hydroxylation sites is 1. The van der Waals surface area contributed by atoms with E-state index < -0.39 is 0 Å². The Morgan fingerprint density at radius 1 is 0.640 bits per heavy atom. The second-order valence-electron chi connectivity index (χ2n) is 7.10. The number of hydrogen-bond donors (Lipinski definition) is 0. The number of hydrogen-bond acceptors (Lipinski definition) is 1. The van der Waals surface area contributed by atoms with Gasteiger partial charge in [0.2, 0.25) is 0 Å². The van der Waals surface area contributed by atoms with Crippen molar-refractivity contribution < 1.29 is 4.74 Å². The minimum Gasteiger partial charge on any atom is -0.494 e. The van der Waals surface area contributed by atoms with Crippen LogP contribution in [0.15, 0.2) is 42.5 Å². The number of unbranched alkanes of at least 4 members (excludes halogenated alkanes) is 12. The standard InChI is InChI=1S/C24H40O/c1-2-3-4-5-6-7-8-9-10-11-12-13-14-15-16-20-23-25-24-21-18-17-19-22-24/h9-10,17-19,21-22H,2-8,11-16,20,23H2,1H3/b10-9-. The number of benzene rings is 1. The first-order valence-corrected chi connectivity index (χ1v) is 10.8. The normalized spacial score (nSPS) is 11.2. The number of allylic oxidation sites excluding steroid dienone is 2. The van der Waals surface area contributed by atoms with Gasteiger partial charge in [-0.2, -0.15) is 0 Å². The van der Waals surface area contributed by atoms with Crippen molar-refractivity contribution in [2.24, 2.45) is 0 Å². The summed E-state index contributed by atoms with van der Waals surface area (Å²) in [7, 11) is 0. The summed E-state index contributed by atoms with van der Waals surface area (Å²) in [5.74, 6) is 0.996. The Labute approximate surface area is 156 Å². The molecule has 0 atom stereocenters. The molecule has 0 amide bonds. The van der Waals surface area contributed by atoms with Gasteiger partial charge in [0.25, 0.3) is 0 Å². The highest BCUT2D eigenvalue weighted by Crippen LogP contribution is 2.12. The van der Waals surface area contributed by atoms with Gasteiger partial charge in [-0.3, -0.25) is 0 Å². The molecule has 0 aliphatic heterocycles. The molecule has 0 aliphatic carbocycles. The lowest BCUT2D eigenvalue weighted by atomic mass is 10.1. The van der Waals surface area contributed by atoms with Crippen LogP contribution in [0.25, 0.3) is 0 Å². The predicted molar refractivity (Wildman–Crippen MR) is 111 cm³/mol. The second-order valence-corrected chi connectivity index (χ2v) is 7.10. The van der Waals surface area contributed by atoms with Gasteiger partial charge in [0.15, 0.2) is 0 Å². The fourth-order valence-electron chi connectivity index (χ4n) is 3.06. The van der Waals surface area contributed by atoms with Crippen LogP contribution in [0.3, 0.4) is 0 Å². The molecule has 0 bridgehead atoms. The SMILES string of the molecule is CCCCCCCC/C=C\CCCCCCCCOc1ccccc1. The summed E-state index contributed by atoms with van der Waals surface area (Å²) >= 11 is 0. The summed E-state index contributed by atoms with van der Waals surface area (Å²) in [6.07, 6.45) is 23.7. The molecule has 1 aromatic rings. The van der Waals surface area contributed by atoms with Gasteiger partial charge in [-0.15, -0.1) is 0 Å². The Morgan fingerprint density at radius 3 is 1.76 bits per heavy atom. The maximum absolute atomic E-state index is 5.72. The Hall–Kier alpha value is -1.24. The summed E-state index contributed by atoms with van der Waals surface area (Å²) in [4.78, 5) is 0. The summed E-state index contributed by atoms with van der Waals surface area (Å²) in [5, 5.41) is 0. The molecule has 0 radical (unpaired) electrons. The van der Waals surface area contributed by atoms with Crippen molar-refractivity contribution in [3.05, 3.63) is 42.5 Å². The van der Waals surface area contributed by atoms with E-state index in [1.807, 2.05) is 30.3 Å². The van der Waals surface area contributed by atoms with E-state index >= 15 is 0 Å². The maximum atomic E-state index is 5.72. The van der Waals surface area contributed by atoms with Crippen LogP contribution < -0.4 is 4.74 Å². The van der Waals surface area contributed by atoms with Crippen LogP contribution in [0.2, 0.25) is 0 Å². The fourth-order valence-corrected chi connectivity index (χ4v) is 3.06. The Bertz CT molecular complexity index is 396. The molecule has 1 aromatic carbocycles. The zero-order valence-corrected chi connectivity index (χ0v) is 16.6. The molecule has 0 heterocycles. The van der Waals surface area contributed by atoms with Gasteiger partial charge in [-0.1, -0.05) is 95.1 Å². The van der Waals surface area contributed by atoms with Crippen molar-refractivity contribution in [1.29, 1.82) is 0 Å². The van der Waals surface area contributed by atoms with Crippen LogP contribution in [0.4, 0.5) is 0 Å². The molecule has 0 aliphatic rings. The van der Waals surface area contributed by atoms with Crippen molar-refractivity contribution in [1.82, 2.24) is 0 Å². The van der Waals surface area contributed by atoms with Gasteiger partial charge in [0.1, 0.15) is 5.75 Å². The number of rotatable bonds is 17. The topological polar surface area (TPSA) is 9.23 Å². The van der Waals surface area contributed by atoms with Gasteiger partial charge < -0.3 is 4.74 Å². The molecule has 0 unspecified atom stereocenters. The van der Waals surface area contributed by atoms with Gasteiger partial charge in [-0.25, -0.2) is 0 Å².